The fraction of sp³-hybridized carbons (Fsp3) is 0.182. The Bertz CT molecular complexity index is 556. The Morgan fingerprint density at radius 3 is 3.00 bits per heavy atom. The van der Waals surface area contributed by atoms with Gasteiger partial charge in [-0.3, -0.25) is 4.79 Å². The number of rotatable bonds is 5. The maximum Gasteiger partial charge on any atom is 0.271 e. The molecule has 8 heteroatoms. The first kappa shape index (κ1) is 13.3. The molecule has 19 heavy (non-hydrogen) atoms. The molecular weight excluding hydrogens is 268 g/mol. The van der Waals surface area contributed by atoms with Crippen molar-refractivity contribution in [2.45, 2.75) is 6.42 Å². The minimum Gasteiger partial charge on any atom is -0.350 e. The molecule has 0 aliphatic carbocycles. The van der Waals surface area contributed by atoms with Crippen LogP contribution in [-0.4, -0.2) is 27.4 Å². The van der Waals surface area contributed by atoms with Crippen molar-refractivity contribution in [2.24, 2.45) is 5.84 Å². The van der Waals surface area contributed by atoms with Gasteiger partial charge in [0.15, 0.2) is 0 Å². The molecule has 0 aliphatic rings. The van der Waals surface area contributed by atoms with Crippen LogP contribution in [0.15, 0.2) is 24.5 Å². The highest BCUT2D eigenvalue weighted by molar-refractivity contribution is 6.33. The van der Waals surface area contributed by atoms with Gasteiger partial charge >= 0.3 is 0 Å². The third kappa shape index (κ3) is 3.43. The van der Waals surface area contributed by atoms with Crippen molar-refractivity contribution in [2.75, 3.05) is 12.0 Å². The molecule has 5 N–H and O–H groups in total. The first-order valence-corrected chi connectivity index (χ1v) is 5.98. The SMILES string of the molecule is NNc1ccc(Cl)c(C(=O)NCCc2ncc[nH]2)n1. The molecule has 0 aromatic carbocycles. The summed E-state index contributed by atoms with van der Waals surface area (Å²) < 4.78 is 0. The van der Waals surface area contributed by atoms with Crippen LogP contribution >= 0.6 is 11.6 Å². The van der Waals surface area contributed by atoms with Crippen LogP contribution in [0.1, 0.15) is 16.3 Å². The molecule has 0 aliphatic heterocycles. The topological polar surface area (TPSA) is 109 Å². The van der Waals surface area contributed by atoms with Crippen LogP contribution in [0.3, 0.4) is 0 Å². The van der Waals surface area contributed by atoms with Gasteiger partial charge in [0, 0.05) is 25.4 Å². The van der Waals surface area contributed by atoms with E-state index in [1.165, 1.54) is 0 Å². The summed E-state index contributed by atoms with van der Waals surface area (Å²) in [5, 5.41) is 2.99. The number of carbonyl (C=O) groups excluding carboxylic acids is 1. The summed E-state index contributed by atoms with van der Waals surface area (Å²) in [5.74, 6) is 6.06. The van der Waals surface area contributed by atoms with Gasteiger partial charge in [-0.15, -0.1) is 0 Å². The Labute approximate surface area is 114 Å². The third-order valence-electron chi connectivity index (χ3n) is 2.41. The lowest BCUT2D eigenvalue weighted by atomic mass is 10.3. The number of imidazole rings is 1. The van der Waals surface area contributed by atoms with Gasteiger partial charge in [-0.2, -0.15) is 0 Å². The number of amides is 1. The lowest BCUT2D eigenvalue weighted by molar-refractivity contribution is 0.0949. The van der Waals surface area contributed by atoms with Crippen LogP contribution in [0.5, 0.6) is 0 Å². The molecule has 0 saturated carbocycles. The maximum atomic E-state index is 11.9. The predicted molar refractivity (Wildman–Crippen MR) is 71.7 cm³/mol. The summed E-state index contributed by atoms with van der Waals surface area (Å²) in [5.41, 5.74) is 2.50. The lowest BCUT2D eigenvalue weighted by Crippen LogP contribution is -2.27. The first-order valence-electron chi connectivity index (χ1n) is 5.60. The number of nitrogens with one attached hydrogen (secondary N) is 3. The van der Waals surface area contributed by atoms with Crippen molar-refractivity contribution in [1.29, 1.82) is 0 Å². The van der Waals surface area contributed by atoms with Gasteiger partial charge in [0.05, 0.1) is 5.02 Å². The quantitative estimate of drug-likeness (QED) is 0.477. The second-order valence-corrected chi connectivity index (χ2v) is 4.12. The van der Waals surface area contributed by atoms with E-state index in [1.807, 2.05) is 0 Å². The molecular formula is C11H13ClN6O. The average molecular weight is 281 g/mol. The molecule has 100 valence electrons. The number of H-pyrrole nitrogens is 1. The number of hydrogen-bond donors (Lipinski definition) is 4. The van der Waals surface area contributed by atoms with E-state index < -0.39 is 0 Å². The van der Waals surface area contributed by atoms with Crippen molar-refractivity contribution in [3.05, 3.63) is 41.1 Å². The molecule has 0 bridgehead atoms. The van der Waals surface area contributed by atoms with Crippen LogP contribution in [0.25, 0.3) is 0 Å². The van der Waals surface area contributed by atoms with E-state index in [1.54, 1.807) is 24.5 Å². The van der Waals surface area contributed by atoms with Crippen molar-refractivity contribution >= 4 is 23.3 Å². The minimum absolute atomic E-state index is 0.136. The van der Waals surface area contributed by atoms with Crippen LogP contribution in [0.2, 0.25) is 5.02 Å². The number of aromatic nitrogens is 3. The average Bonchev–Trinajstić information content (AvgIpc) is 2.92. The van der Waals surface area contributed by atoms with E-state index in [9.17, 15) is 4.79 Å². The molecule has 2 aromatic rings. The monoisotopic (exact) mass is 280 g/mol. The van der Waals surface area contributed by atoms with Gasteiger partial charge in [0.25, 0.3) is 5.91 Å². The smallest absolute Gasteiger partial charge is 0.271 e. The molecule has 2 aromatic heterocycles. The third-order valence-corrected chi connectivity index (χ3v) is 2.72. The van der Waals surface area contributed by atoms with Crippen molar-refractivity contribution in [1.82, 2.24) is 20.3 Å². The highest BCUT2D eigenvalue weighted by Gasteiger charge is 2.12. The summed E-state index contributed by atoms with van der Waals surface area (Å²) in [6, 6.07) is 3.15. The van der Waals surface area contributed by atoms with E-state index in [0.29, 0.717) is 18.8 Å². The number of hydrogen-bond acceptors (Lipinski definition) is 5. The van der Waals surface area contributed by atoms with Crippen molar-refractivity contribution in [3.8, 4) is 0 Å². The number of nitrogen functional groups attached to an aromatic ring is 1. The van der Waals surface area contributed by atoms with Crippen LogP contribution in [0.4, 0.5) is 5.82 Å². The van der Waals surface area contributed by atoms with Crippen molar-refractivity contribution < 1.29 is 4.79 Å². The van der Waals surface area contributed by atoms with Crippen LogP contribution in [-0.2, 0) is 6.42 Å². The second-order valence-electron chi connectivity index (χ2n) is 3.71. The van der Waals surface area contributed by atoms with Crippen LogP contribution in [0, 0.1) is 0 Å². The van der Waals surface area contributed by atoms with Crippen molar-refractivity contribution in [3.63, 3.8) is 0 Å². The summed E-state index contributed by atoms with van der Waals surface area (Å²) in [6.07, 6.45) is 3.99. The number of nitrogens with two attached hydrogens (primary N) is 1. The zero-order valence-corrected chi connectivity index (χ0v) is 10.7. The standard InChI is InChI=1S/C11H13ClN6O/c12-7-1-2-9(18-13)17-10(7)11(19)16-4-3-8-14-5-6-15-8/h1-2,5-6H,3-4,13H2,(H,14,15)(H,16,19)(H,17,18). The molecule has 7 nitrogen and oxygen atoms in total. The Morgan fingerprint density at radius 1 is 1.47 bits per heavy atom. The zero-order chi connectivity index (χ0) is 13.7. The number of carbonyl (C=O) groups is 1. The fourth-order valence-corrected chi connectivity index (χ4v) is 1.69. The molecule has 2 heterocycles. The molecule has 1 amide bonds. The number of nitrogens with zero attached hydrogens (tertiary/aromatic N) is 2. The Morgan fingerprint density at radius 2 is 2.32 bits per heavy atom. The van der Waals surface area contributed by atoms with E-state index >= 15 is 0 Å². The number of hydrazine groups is 1. The summed E-state index contributed by atoms with van der Waals surface area (Å²) in [7, 11) is 0. The lowest BCUT2D eigenvalue weighted by Gasteiger charge is -2.07. The molecule has 2 rings (SSSR count). The highest BCUT2D eigenvalue weighted by atomic mass is 35.5. The largest absolute Gasteiger partial charge is 0.350 e. The summed E-state index contributed by atoms with van der Waals surface area (Å²) in [4.78, 5) is 22.9. The molecule has 0 saturated heterocycles. The van der Waals surface area contributed by atoms with Gasteiger partial charge in [-0.1, -0.05) is 11.6 Å². The van der Waals surface area contributed by atoms with Gasteiger partial charge in [0.2, 0.25) is 0 Å². The van der Waals surface area contributed by atoms with Gasteiger partial charge < -0.3 is 15.7 Å². The highest BCUT2D eigenvalue weighted by Crippen LogP contribution is 2.15. The minimum atomic E-state index is -0.353. The molecule has 0 unspecified atom stereocenters. The number of halogens is 1. The molecule has 0 fully saturated rings. The van der Waals surface area contributed by atoms with E-state index in [2.05, 4.69) is 25.7 Å². The van der Waals surface area contributed by atoms with E-state index in [0.717, 1.165) is 5.82 Å². The van der Waals surface area contributed by atoms with Gasteiger partial charge in [-0.25, -0.2) is 15.8 Å². The van der Waals surface area contributed by atoms with Gasteiger partial charge in [-0.05, 0) is 12.1 Å². The number of anilines is 1. The number of pyridine rings is 1. The Balaban J connectivity index is 1.95. The molecule has 0 radical (unpaired) electrons. The van der Waals surface area contributed by atoms with E-state index in [4.69, 9.17) is 17.4 Å². The number of aromatic amines is 1. The summed E-state index contributed by atoms with van der Waals surface area (Å²) >= 11 is 5.92. The molecule has 0 spiro atoms. The Hall–Kier alpha value is -2.12. The van der Waals surface area contributed by atoms with Gasteiger partial charge in [0.1, 0.15) is 17.3 Å². The normalized spacial score (nSPS) is 10.2. The molecule has 0 atom stereocenters. The van der Waals surface area contributed by atoms with Crippen LogP contribution < -0.4 is 16.6 Å². The Kier molecular flexibility index (Phi) is 4.32. The fourth-order valence-electron chi connectivity index (χ4n) is 1.49. The zero-order valence-electron chi connectivity index (χ0n) is 9.98. The first-order chi connectivity index (χ1) is 9.20. The van der Waals surface area contributed by atoms with E-state index in [-0.39, 0.29) is 16.6 Å². The summed E-state index contributed by atoms with van der Waals surface area (Å²) in [6.45, 7) is 0.435. The predicted octanol–water partition coefficient (Wildman–Crippen LogP) is 0.716. The second kappa shape index (κ2) is 6.17. The maximum absolute atomic E-state index is 11.9.